The Kier molecular flexibility index (Phi) is 4.58. The average Bonchev–Trinajstić information content (AvgIpc) is 3.16. The third kappa shape index (κ3) is 2.93. The lowest BCUT2D eigenvalue weighted by Crippen LogP contribution is -2.43. The minimum absolute atomic E-state index is 0. The fourth-order valence-electron chi connectivity index (χ4n) is 3.18. The Morgan fingerprint density at radius 2 is 2.00 bits per heavy atom. The van der Waals surface area contributed by atoms with E-state index in [2.05, 4.69) is 16.7 Å². The molecule has 1 atom stereocenters. The zero-order valence-corrected chi connectivity index (χ0v) is 12.4. The van der Waals surface area contributed by atoms with Crippen molar-refractivity contribution >= 4 is 18.3 Å². The molecule has 3 aliphatic rings. The van der Waals surface area contributed by atoms with E-state index in [1.54, 1.807) is 0 Å². The molecule has 6 heteroatoms. The van der Waals surface area contributed by atoms with Gasteiger partial charge in [-0.05, 0) is 51.6 Å². The molecule has 2 heterocycles. The number of amides is 1. The molecule has 2 N–H and O–H groups in total. The molecule has 1 unspecified atom stereocenters. The van der Waals surface area contributed by atoms with Crippen LogP contribution in [-0.4, -0.2) is 37.2 Å². The molecule has 20 heavy (non-hydrogen) atoms. The Balaban J connectivity index is 0.00000147. The summed E-state index contributed by atoms with van der Waals surface area (Å²) >= 11 is 0. The van der Waals surface area contributed by atoms with E-state index in [0.29, 0.717) is 19.4 Å². The smallest absolute Gasteiger partial charge is 0.240 e. The van der Waals surface area contributed by atoms with Crippen LogP contribution >= 0.6 is 12.4 Å². The first-order chi connectivity index (χ1) is 9.18. The normalized spacial score (nSPS) is 29.2. The third-order valence-corrected chi connectivity index (χ3v) is 4.74. The predicted molar refractivity (Wildman–Crippen MR) is 76.5 cm³/mol. The lowest BCUT2D eigenvalue weighted by Gasteiger charge is -2.33. The minimum Gasteiger partial charge on any atom is -0.370 e. The van der Waals surface area contributed by atoms with Gasteiger partial charge < -0.3 is 15.4 Å². The first kappa shape index (κ1) is 15.6. The highest BCUT2D eigenvalue weighted by Gasteiger charge is 2.51. The lowest BCUT2D eigenvalue weighted by molar-refractivity contribution is -0.125. The number of nitriles is 1. The largest absolute Gasteiger partial charge is 0.370 e. The number of rotatable bonds is 3. The highest BCUT2D eigenvalue weighted by Crippen LogP contribution is 2.45. The minimum atomic E-state index is -0.717. The van der Waals surface area contributed by atoms with E-state index in [1.807, 2.05) is 0 Å². The van der Waals surface area contributed by atoms with Crippen LogP contribution < -0.4 is 10.6 Å². The SMILES string of the molecule is Cl.N#CC1(C(=O)NCC2CCC3(CCNCC3)O2)CC1. The number of hydrogen-bond donors (Lipinski definition) is 2. The van der Waals surface area contributed by atoms with Crippen LogP contribution in [0.2, 0.25) is 0 Å². The van der Waals surface area contributed by atoms with Crippen molar-refractivity contribution in [2.24, 2.45) is 5.41 Å². The van der Waals surface area contributed by atoms with E-state index in [0.717, 1.165) is 38.8 Å². The molecule has 0 bridgehead atoms. The molecule has 3 rings (SSSR count). The molecule has 0 aromatic rings. The van der Waals surface area contributed by atoms with Crippen LogP contribution in [0.1, 0.15) is 38.5 Å². The zero-order valence-electron chi connectivity index (χ0n) is 11.6. The molecule has 1 spiro atoms. The van der Waals surface area contributed by atoms with Crippen molar-refractivity contribution in [3.8, 4) is 6.07 Å². The van der Waals surface area contributed by atoms with Crippen molar-refractivity contribution in [3.63, 3.8) is 0 Å². The van der Waals surface area contributed by atoms with Crippen LogP contribution in [0, 0.1) is 16.7 Å². The summed E-state index contributed by atoms with van der Waals surface area (Å²) in [5.74, 6) is -0.107. The molecule has 112 valence electrons. The fourth-order valence-corrected chi connectivity index (χ4v) is 3.18. The van der Waals surface area contributed by atoms with Gasteiger partial charge in [0.05, 0.1) is 17.8 Å². The van der Waals surface area contributed by atoms with Crippen molar-refractivity contribution in [2.45, 2.75) is 50.2 Å². The van der Waals surface area contributed by atoms with Crippen molar-refractivity contribution in [1.29, 1.82) is 5.26 Å². The number of nitrogens with one attached hydrogen (secondary N) is 2. The summed E-state index contributed by atoms with van der Waals surface area (Å²) < 4.78 is 6.17. The van der Waals surface area contributed by atoms with Gasteiger partial charge in [-0.3, -0.25) is 4.79 Å². The summed E-state index contributed by atoms with van der Waals surface area (Å²) in [6, 6.07) is 2.12. The van der Waals surface area contributed by atoms with Gasteiger partial charge in [0.2, 0.25) is 5.91 Å². The molecule has 0 aromatic heterocycles. The third-order valence-electron chi connectivity index (χ3n) is 4.74. The molecule has 1 saturated carbocycles. The van der Waals surface area contributed by atoms with E-state index in [-0.39, 0.29) is 30.0 Å². The molecular weight excluding hydrogens is 278 g/mol. The van der Waals surface area contributed by atoms with E-state index >= 15 is 0 Å². The number of carbonyl (C=O) groups is 1. The van der Waals surface area contributed by atoms with Gasteiger partial charge in [-0.1, -0.05) is 0 Å². The highest BCUT2D eigenvalue weighted by molar-refractivity contribution is 5.88. The molecule has 2 saturated heterocycles. The second kappa shape index (κ2) is 5.88. The maximum atomic E-state index is 11.9. The monoisotopic (exact) mass is 299 g/mol. The Labute approximate surface area is 125 Å². The van der Waals surface area contributed by atoms with Crippen molar-refractivity contribution < 1.29 is 9.53 Å². The molecular formula is C14H22ClN3O2. The van der Waals surface area contributed by atoms with E-state index in [9.17, 15) is 4.79 Å². The summed E-state index contributed by atoms with van der Waals surface area (Å²) in [6.07, 6.45) is 5.78. The maximum Gasteiger partial charge on any atom is 0.240 e. The summed E-state index contributed by atoms with van der Waals surface area (Å²) in [7, 11) is 0. The molecule has 1 amide bonds. The Morgan fingerprint density at radius 3 is 2.60 bits per heavy atom. The molecule has 3 fully saturated rings. The number of ether oxygens (including phenoxy) is 1. The van der Waals surface area contributed by atoms with Crippen molar-refractivity contribution in [2.75, 3.05) is 19.6 Å². The molecule has 1 aliphatic carbocycles. The molecule has 0 aromatic carbocycles. The van der Waals surface area contributed by atoms with Gasteiger partial charge in [-0.2, -0.15) is 5.26 Å². The van der Waals surface area contributed by atoms with Crippen LogP contribution in [0.4, 0.5) is 0 Å². The maximum absolute atomic E-state index is 11.9. The van der Waals surface area contributed by atoms with Crippen LogP contribution in [-0.2, 0) is 9.53 Å². The number of piperidine rings is 1. The second-order valence-corrected chi connectivity index (χ2v) is 6.12. The van der Waals surface area contributed by atoms with Gasteiger partial charge in [-0.15, -0.1) is 12.4 Å². The quantitative estimate of drug-likeness (QED) is 0.819. The average molecular weight is 300 g/mol. The van der Waals surface area contributed by atoms with Gasteiger partial charge in [0, 0.05) is 6.54 Å². The van der Waals surface area contributed by atoms with Crippen molar-refractivity contribution in [3.05, 3.63) is 0 Å². The van der Waals surface area contributed by atoms with Crippen molar-refractivity contribution in [1.82, 2.24) is 10.6 Å². The Bertz CT molecular complexity index is 411. The number of nitrogens with zero attached hydrogens (tertiary/aromatic N) is 1. The number of halogens is 1. The molecule has 2 aliphatic heterocycles. The Hall–Kier alpha value is -0.830. The first-order valence-electron chi connectivity index (χ1n) is 7.26. The second-order valence-electron chi connectivity index (χ2n) is 6.12. The summed E-state index contributed by atoms with van der Waals surface area (Å²) in [6.45, 7) is 2.60. The highest BCUT2D eigenvalue weighted by atomic mass is 35.5. The number of carbonyl (C=O) groups excluding carboxylic acids is 1. The van der Waals surface area contributed by atoms with Gasteiger partial charge in [0.1, 0.15) is 5.41 Å². The van der Waals surface area contributed by atoms with Crippen LogP contribution in [0.3, 0.4) is 0 Å². The topological polar surface area (TPSA) is 74.2 Å². The summed E-state index contributed by atoms with van der Waals surface area (Å²) in [5, 5.41) is 15.2. The van der Waals surface area contributed by atoms with Crippen LogP contribution in [0.15, 0.2) is 0 Å². The lowest BCUT2D eigenvalue weighted by atomic mass is 9.89. The Morgan fingerprint density at radius 1 is 1.30 bits per heavy atom. The molecule has 0 radical (unpaired) electrons. The van der Waals surface area contributed by atoms with Gasteiger partial charge in [0.25, 0.3) is 0 Å². The first-order valence-corrected chi connectivity index (χ1v) is 7.26. The van der Waals surface area contributed by atoms with Gasteiger partial charge >= 0.3 is 0 Å². The fraction of sp³-hybridized carbons (Fsp3) is 0.857. The van der Waals surface area contributed by atoms with Gasteiger partial charge in [0.15, 0.2) is 0 Å². The van der Waals surface area contributed by atoms with Gasteiger partial charge in [-0.25, -0.2) is 0 Å². The van der Waals surface area contributed by atoms with E-state index < -0.39 is 5.41 Å². The molecule has 5 nitrogen and oxygen atoms in total. The van der Waals surface area contributed by atoms with Crippen LogP contribution in [0.25, 0.3) is 0 Å². The summed E-state index contributed by atoms with van der Waals surface area (Å²) in [5.41, 5.74) is -0.668. The number of hydrogen-bond acceptors (Lipinski definition) is 4. The van der Waals surface area contributed by atoms with E-state index in [1.165, 1.54) is 0 Å². The van der Waals surface area contributed by atoms with Crippen LogP contribution in [0.5, 0.6) is 0 Å². The standard InChI is InChI=1S/C14H21N3O2.ClH/c15-10-13(3-4-13)12(18)17-9-11-1-2-14(19-11)5-7-16-8-6-14;/h11,16H,1-9H2,(H,17,18);1H. The summed E-state index contributed by atoms with van der Waals surface area (Å²) in [4.78, 5) is 11.9. The predicted octanol–water partition coefficient (Wildman–Crippen LogP) is 1.13. The van der Waals surface area contributed by atoms with E-state index in [4.69, 9.17) is 10.00 Å². The zero-order chi connectivity index (χ0) is 13.3.